The topological polar surface area (TPSA) is 35.2 Å². The highest BCUT2D eigenvalue weighted by Gasteiger charge is 2.02. The molecule has 0 spiro atoms. The van der Waals surface area contributed by atoms with E-state index in [1.54, 1.807) is 0 Å². The third kappa shape index (κ3) is 5.54. The van der Waals surface area contributed by atoms with Gasteiger partial charge in [0.25, 0.3) is 0 Å². The molecule has 0 aromatic heterocycles. The number of unbranched alkanes of at least 4 members (excludes halogenated alkanes) is 3. The predicted octanol–water partition coefficient (Wildman–Crippen LogP) is 4.10. The zero-order valence-electron chi connectivity index (χ0n) is 11.8. The molecule has 1 atom stereocenters. The van der Waals surface area contributed by atoms with E-state index in [1.807, 2.05) is 0 Å². The zero-order chi connectivity index (χ0) is 13.2. The van der Waals surface area contributed by atoms with Gasteiger partial charge < -0.3 is 10.5 Å². The molecule has 0 radical (unpaired) electrons. The number of hydrogen-bond acceptors (Lipinski definition) is 2. The van der Waals surface area contributed by atoms with Crippen LogP contribution in [0.1, 0.15) is 57.4 Å². The molecule has 1 aromatic rings. The van der Waals surface area contributed by atoms with Crippen molar-refractivity contribution in [3.05, 3.63) is 29.8 Å². The molecule has 1 unspecified atom stereocenters. The van der Waals surface area contributed by atoms with Crippen LogP contribution in [-0.2, 0) is 0 Å². The molecule has 2 nitrogen and oxygen atoms in total. The first kappa shape index (κ1) is 15.0. The second kappa shape index (κ2) is 8.98. The number of hydrogen-bond donors (Lipinski definition) is 1. The maximum Gasteiger partial charge on any atom is 0.119 e. The SMILES string of the molecule is CCC(C)c1ccc(OCCCCCCN)cc1. The van der Waals surface area contributed by atoms with Gasteiger partial charge in [-0.1, -0.05) is 38.8 Å². The van der Waals surface area contributed by atoms with Gasteiger partial charge in [0.15, 0.2) is 0 Å². The summed E-state index contributed by atoms with van der Waals surface area (Å²) in [5.41, 5.74) is 6.85. The molecule has 0 heterocycles. The molecule has 2 heteroatoms. The van der Waals surface area contributed by atoms with Crippen LogP contribution in [0, 0.1) is 0 Å². The van der Waals surface area contributed by atoms with Gasteiger partial charge >= 0.3 is 0 Å². The molecule has 0 saturated heterocycles. The quantitative estimate of drug-likeness (QED) is 0.669. The maximum atomic E-state index is 5.72. The fourth-order valence-electron chi connectivity index (χ4n) is 1.92. The summed E-state index contributed by atoms with van der Waals surface area (Å²) in [6, 6.07) is 8.53. The van der Waals surface area contributed by atoms with Crippen molar-refractivity contribution in [1.29, 1.82) is 0 Å². The van der Waals surface area contributed by atoms with Gasteiger partial charge in [0.1, 0.15) is 5.75 Å². The molecular weight excluding hydrogens is 222 g/mol. The lowest BCUT2D eigenvalue weighted by Crippen LogP contribution is -2.00. The van der Waals surface area contributed by atoms with Crippen LogP contribution in [-0.4, -0.2) is 13.2 Å². The van der Waals surface area contributed by atoms with Crippen molar-refractivity contribution in [1.82, 2.24) is 0 Å². The average molecular weight is 249 g/mol. The third-order valence-electron chi connectivity index (χ3n) is 3.43. The van der Waals surface area contributed by atoms with E-state index in [4.69, 9.17) is 10.5 Å². The normalized spacial score (nSPS) is 12.4. The van der Waals surface area contributed by atoms with E-state index in [1.165, 1.54) is 24.8 Å². The van der Waals surface area contributed by atoms with Crippen LogP contribution in [0.3, 0.4) is 0 Å². The van der Waals surface area contributed by atoms with Gasteiger partial charge in [-0.2, -0.15) is 0 Å². The van der Waals surface area contributed by atoms with Crippen LogP contribution in [0.25, 0.3) is 0 Å². The summed E-state index contributed by atoms with van der Waals surface area (Å²) in [7, 11) is 0. The summed E-state index contributed by atoms with van der Waals surface area (Å²) in [5, 5.41) is 0. The standard InChI is InChI=1S/C16H27NO/c1-3-14(2)15-8-10-16(11-9-15)18-13-7-5-4-6-12-17/h8-11,14H,3-7,12-13,17H2,1-2H3. The van der Waals surface area contributed by atoms with Gasteiger partial charge in [-0.05, 0) is 49.4 Å². The van der Waals surface area contributed by atoms with Crippen molar-refractivity contribution in [2.24, 2.45) is 5.73 Å². The Morgan fingerprint density at radius 1 is 1.06 bits per heavy atom. The largest absolute Gasteiger partial charge is 0.494 e. The minimum atomic E-state index is 0.635. The van der Waals surface area contributed by atoms with Crippen molar-refractivity contribution in [3.63, 3.8) is 0 Å². The lowest BCUT2D eigenvalue weighted by Gasteiger charge is -2.10. The monoisotopic (exact) mass is 249 g/mol. The van der Waals surface area contributed by atoms with Crippen molar-refractivity contribution >= 4 is 0 Å². The van der Waals surface area contributed by atoms with Crippen LogP contribution in [0.2, 0.25) is 0 Å². The van der Waals surface area contributed by atoms with E-state index in [0.717, 1.165) is 31.7 Å². The first-order valence-corrected chi connectivity index (χ1v) is 7.20. The van der Waals surface area contributed by atoms with Gasteiger partial charge in [0, 0.05) is 0 Å². The lowest BCUT2D eigenvalue weighted by atomic mass is 9.99. The summed E-state index contributed by atoms with van der Waals surface area (Å²) in [6.45, 7) is 6.09. The van der Waals surface area contributed by atoms with Crippen LogP contribution < -0.4 is 10.5 Å². The van der Waals surface area contributed by atoms with Gasteiger partial charge in [0.2, 0.25) is 0 Å². The van der Waals surface area contributed by atoms with E-state index in [2.05, 4.69) is 38.1 Å². The van der Waals surface area contributed by atoms with E-state index in [9.17, 15) is 0 Å². The molecule has 0 saturated carbocycles. The van der Waals surface area contributed by atoms with Crippen molar-refractivity contribution in [3.8, 4) is 5.75 Å². The molecule has 2 N–H and O–H groups in total. The fourth-order valence-corrected chi connectivity index (χ4v) is 1.92. The van der Waals surface area contributed by atoms with Crippen molar-refractivity contribution in [2.75, 3.05) is 13.2 Å². The van der Waals surface area contributed by atoms with Gasteiger partial charge in [-0.3, -0.25) is 0 Å². The van der Waals surface area contributed by atoms with Crippen LogP contribution >= 0.6 is 0 Å². The molecular formula is C16H27NO. The Hall–Kier alpha value is -1.02. The molecule has 18 heavy (non-hydrogen) atoms. The lowest BCUT2D eigenvalue weighted by molar-refractivity contribution is 0.304. The molecule has 1 rings (SSSR count). The summed E-state index contributed by atoms with van der Waals surface area (Å²) in [6.07, 6.45) is 5.85. The highest BCUT2D eigenvalue weighted by atomic mass is 16.5. The first-order valence-electron chi connectivity index (χ1n) is 7.20. The molecule has 0 aliphatic rings. The summed E-state index contributed by atoms with van der Waals surface area (Å²) < 4.78 is 5.72. The first-order chi connectivity index (χ1) is 8.77. The molecule has 1 aromatic carbocycles. The Kier molecular flexibility index (Phi) is 7.51. The predicted molar refractivity (Wildman–Crippen MR) is 78.2 cm³/mol. The van der Waals surface area contributed by atoms with Gasteiger partial charge in [-0.15, -0.1) is 0 Å². The van der Waals surface area contributed by atoms with Crippen molar-refractivity contribution < 1.29 is 4.74 Å². The molecule has 0 fully saturated rings. The van der Waals surface area contributed by atoms with Gasteiger partial charge in [0.05, 0.1) is 6.61 Å². The maximum absolute atomic E-state index is 5.72. The Morgan fingerprint density at radius 2 is 1.72 bits per heavy atom. The van der Waals surface area contributed by atoms with E-state index in [0.29, 0.717) is 5.92 Å². The summed E-state index contributed by atoms with van der Waals surface area (Å²) in [5.74, 6) is 1.62. The Labute approximate surface area is 112 Å². The molecule has 0 bridgehead atoms. The Bertz CT molecular complexity index is 307. The third-order valence-corrected chi connectivity index (χ3v) is 3.43. The zero-order valence-corrected chi connectivity index (χ0v) is 11.8. The van der Waals surface area contributed by atoms with E-state index >= 15 is 0 Å². The number of rotatable bonds is 9. The average Bonchev–Trinajstić information content (AvgIpc) is 2.42. The van der Waals surface area contributed by atoms with Crippen LogP contribution in [0.5, 0.6) is 5.75 Å². The summed E-state index contributed by atoms with van der Waals surface area (Å²) in [4.78, 5) is 0. The van der Waals surface area contributed by atoms with Gasteiger partial charge in [-0.25, -0.2) is 0 Å². The highest BCUT2D eigenvalue weighted by molar-refractivity contribution is 5.29. The smallest absolute Gasteiger partial charge is 0.119 e. The van der Waals surface area contributed by atoms with Crippen LogP contribution in [0.4, 0.5) is 0 Å². The molecule has 102 valence electrons. The molecule has 0 aliphatic heterocycles. The minimum Gasteiger partial charge on any atom is -0.494 e. The second-order valence-electron chi connectivity index (χ2n) is 4.93. The minimum absolute atomic E-state index is 0.635. The molecule has 0 aliphatic carbocycles. The highest BCUT2D eigenvalue weighted by Crippen LogP contribution is 2.21. The van der Waals surface area contributed by atoms with E-state index < -0.39 is 0 Å². The fraction of sp³-hybridized carbons (Fsp3) is 0.625. The Balaban J connectivity index is 2.22. The number of benzene rings is 1. The summed E-state index contributed by atoms with van der Waals surface area (Å²) >= 11 is 0. The number of nitrogens with two attached hydrogens (primary N) is 1. The van der Waals surface area contributed by atoms with Crippen molar-refractivity contribution in [2.45, 2.75) is 51.9 Å². The van der Waals surface area contributed by atoms with Crippen LogP contribution in [0.15, 0.2) is 24.3 Å². The Morgan fingerprint density at radius 3 is 2.33 bits per heavy atom. The second-order valence-corrected chi connectivity index (χ2v) is 4.93. The molecule has 0 amide bonds. The number of ether oxygens (including phenoxy) is 1. The van der Waals surface area contributed by atoms with E-state index in [-0.39, 0.29) is 0 Å².